The van der Waals surface area contributed by atoms with E-state index in [2.05, 4.69) is 16.3 Å². The predicted molar refractivity (Wildman–Crippen MR) is 125 cm³/mol. The van der Waals surface area contributed by atoms with E-state index < -0.39 is 10.0 Å². The van der Waals surface area contributed by atoms with Gasteiger partial charge in [0, 0.05) is 43.3 Å². The molecule has 168 valence electrons. The van der Waals surface area contributed by atoms with Crippen molar-refractivity contribution < 1.29 is 13.2 Å². The molecule has 4 rings (SSSR count). The molecule has 2 aliphatic heterocycles. The highest BCUT2D eigenvalue weighted by atomic mass is 32.2. The molecule has 31 heavy (non-hydrogen) atoms. The molecule has 1 aromatic carbocycles. The van der Waals surface area contributed by atoms with Crippen LogP contribution in [-0.4, -0.2) is 51.4 Å². The number of thiophene rings is 1. The lowest BCUT2D eigenvalue weighted by atomic mass is 10.1. The van der Waals surface area contributed by atoms with Crippen molar-refractivity contribution in [2.45, 2.75) is 49.8 Å². The average molecular weight is 462 g/mol. The number of amides is 1. The number of hydrogen-bond acceptors (Lipinski definition) is 5. The third-order valence-corrected chi connectivity index (χ3v) is 8.93. The molecule has 1 amide bonds. The third kappa shape index (κ3) is 5.30. The van der Waals surface area contributed by atoms with Crippen LogP contribution in [0.5, 0.6) is 0 Å². The van der Waals surface area contributed by atoms with Crippen molar-refractivity contribution in [3.63, 3.8) is 0 Å². The van der Waals surface area contributed by atoms with E-state index in [1.807, 2.05) is 17.5 Å². The SMILES string of the molecule is O=C(NCCc1cccs1)c1cc(S(=O)(=O)N2CCCCC2)ccc1N1CCCCC1. The van der Waals surface area contributed by atoms with Gasteiger partial charge in [0.1, 0.15) is 0 Å². The Labute approximate surface area is 189 Å². The fourth-order valence-corrected chi connectivity index (χ4v) is 6.62. The summed E-state index contributed by atoms with van der Waals surface area (Å²) in [7, 11) is -3.59. The normalized spacial score (nSPS) is 18.1. The summed E-state index contributed by atoms with van der Waals surface area (Å²) < 4.78 is 28.0. The molecule has 1 aromatic heterocycles. The first-order valence-corrected chi connectivity index (χ1v) is 13.6. The van der Waals surface area contributed by atoms with Crippen molar-refractivity contribution in [1.29, 1.82) is 0 Å². The first-order chi connectivity index (χ1) is 15.1. The smallest absolute Gasteiger partial charge is 0.253 e. The second kappa shape index (κ2) is 10.1. The molecule has 0 saturated carbocycles. The number of piperidine rings is 2. The highest BCUT2D eigenvalue weighted by Crippen LogP contribution is 2.29. The van der Waals surface area contributed by atoms with Gasteiger partial charge >= 0.3 is 0 Å². The van der Waals surface area contributed by atoms with Crippen LogP contribution in [0.2, 0.25) is 0 Å². The monoisotopic (exact) mass is 461 g/mol. The van der Waals surface area contributed by atoms with Crippen molar-refractivity contribution in [2.24, 2.45) is 0 Å². The maximum absolute atomic E-state index is 13.2. The van der Waals surface area contributed by atoms with Crippen LogP contribution < -0.4 is 10.2 Å². The van der Waals surface area contributed by atoms with Gasteiger partial charge < -0.3 is 10.2 Å². The van der Waals surface area contributed by atoms with Gasteiger partial charge in [0.15, 0.2) is 0 Å². The van der Waals surface area contributed by atoms with Crippen molar-refractivity contribution in [2.75, 3.05) is 37.6 Å². The molecule has 0 unspecified atom stereocenters. The van der Waals surface area contributed by atoms with Crippen LogP contribution >= 0.6 is 11.3 Å². The van der Waals surface area contributed by atoms with Crippen LogP contribution in [0.3, 0.4) is 0 Å². The number of nitrogens with zero attached hydrogens (tertiary/aromatic N) is 2. The van der Waals surface area contributed by atoms with E-state index in [-0.39, 0.29) is 10.8 Å². The van der Waals surface area contributed by atoms with Crippen molar-refractivity contribution >= 4 is 33.0 Å². The highest BCUT2D eigenvalue weighted by Gasteiger charge is 2.28. The molecule has 2 aliphatic rings. The summed E-state index contributed by atoms with van der Waals surface area (Å²) in [6.07, 6.45) is 7.00. The summed E-state index contributed by atoms with van der Waals surface area (Å²) in [6.45, 7) is 3.43. The summed E-state index contributed by atoms with van der Waals surface area (Å²) in [4.78, 5) is 16.8. The molecule has 8 heteroatoms. The lowest BCUT2D eigenvalue weighted by Gasteiger charge is -2.31. The van der Waals surface area contributed by atoms with Gasteiger partial charge in [-0.15, -0.1) is 11.3 Å². The number of nitrogens with one attached hydrogen (secondary N) is 1. The number of carbonyl (C=O) groups excluding carboxylic acids is 1. The molecule has 2 saturated heterocycles. The Morgan fingerprint density at radius 3 is 2.35 bits per heavy atom. The number of rotatable bonds is 7. The molecule has 3 heterocycles. The molecule has 6 nitrogen and oxygen atoms in total. The van der Waals surface area contributed by atoms with Crippen LogP contribution in [0.1, 0.15) is 53.8 Å². The van der Waals surface area contributed by atoms with Crippen molar-refractivity contribution in [1.82, 2.24) is 9.62 Å². The number of sulfonamides is 1. The molecule has 0 radical (unpaired) electrons. The minimum atomic E-state index is -3.59. The molecule has 0 atom stereocenters. The van der Waals surface area contributed by atoms with E-state index >= 15 is 0 Å². The Morgan fingerprint density at radius 2 is 1.68 bits per heavy atom. The standard InChI is InChI=1S/C23H31N3O3S2/c27-23(24-12-11-19-8-7-17-30-19)21-18-20(31(28,29)26-15-5-2-6-16-26)9-10-22(21)25-13-3-1-4-14-25/h7-10,17-18H,1-6,11-16H2,(H,24,27). The largest absolute Gasteiger partial charge is 0.371 e. The molecule has 1 N–H and O–H groups in total. The Kier molecular flexibility index (Phi) is 7.30. The van der Waals surface area contributed by atoms with E-state index in [0.717, 1.165) is 57.3 Å². The zero-order valence-electron chi connectivity index (χ0n) is 17.9. The minimum absolute atomic E-state index is 0.201. The molecule has 0 spiro atoms. The summed E-state index contributed by atoms with van der Waals surface area (Å²) in [6, 6.07) is 9.16. The first-order valence-electron chi connectivity index (χ1n) is 11.3. The number of carbonyl (C=O) groups is 1. The molecule has 0 bridgehead atoms. The van der Waals surface area contributed by atoms with Gasteiger partial charge in [0.2, 0.25) is 10.0 Å². The molecular weight excluding hydrogens is 430 g/mol. The summed E-state index contributed by atoms with van der Waals surface area (Å²) in [5, 5.41) is 5.04. The average Bonchev–Trinajstić information content (AvgIpc) is 3.33. The molecule has 2 fully saturated rings. The maximum Gasteiger partial charge on any atom is 0.253 e. The van der Waals surface area contributed by atoms with Crippen molar-refractivity contribution in [3.8, 4) is 0 Å². The molecular formula is C23H31N3O3S2. The number of anilines is 1. The van der Waals surface area contributed by atoms with E-state index in [1.54, 1.807) is 27.8 Å². The summed E-state index contributed by atoms with van der Waals surface area (Å²) >= 11 is 1.67. The maximum atomic E-state index is 13.2. The fourth-order valence-electron chi connectivity index (χ4n) is 4.37. The van der Waals surface area contributed by atoms with Gasteiger partial charge in [-0.25, -0.2) is 8.42 Å². The Hall–Kier alpha value is -1.90. The van der Waals surface area contributed by atoms with Gasteiger partial charge in [-0.05, 0) is 68.2 Å². The Balaban J connectivity index is 1.58. The van der Waals surface area contributed by atoms with Crippen LogP contribution in [0.4, 0.5) is 5.69 Å². The van der Waals surface area contributed by atoms with E-state index in [0.29, 0.717) is 25.2 Å². The Morgan fingerprint density at radius 1 is 0.968 bits per heavy atom. The quantitative estimate of drug-likeness (QED) is 0.679. The van der Waals surface area contributed by atoms with Crippen LogP contribution in [-0.2, 0) is 16.4 Å². The summed E-state index contributed by atoms with van der Waals surface area (Å²) in [5.41, 5.74) is 1.30. The lowest BCUT2D eigenvalue weighted by molar-refractivity contribution is 0.0954. The zero-order valence-corrected chi connectivity index (χ0v) is 19.5. The van der Waals surface area contributed by atoms with Gasteiger partial charge in [0.25, 0.3) is 5.91 Å². The number of hydrogen-bond donors (Lipinski definition) is 1. The third-order valence-electron chi connectivity index (χ3n) is 6.10. The van der Waals surface area contributed by atoms with Crippen LogP contribution in [0.25, 0.3) is 0 Å². The van der Waals surface area contributed by atoms with Crippen molar-refractivity contribution in [3.05, 3.63) is 46.2 Å². The lowest BCUT2D eigenvalue weighted by Crippen LogP contribution is -2.36. The topological polar surface area (TPSA) is 69.7 Å². The van der Waals surface area contributed by atoms with Gasteiger partial charge in [-0.1, -0.05) is 12.5 Å². The zero-order chi connectivity index (χ0) is 21.7. The molecule has 0 aliphatic carbocycles. The van der Waals surface area contributed by atoms with E-state index in [4.69, 9.17) is 0 Å². The number of benzene rings is 1. The fraction of sp³-hybridized carbons (Fsp3) is 0.522. The molecule has 2 aromatic rings. The minimum Gasteiger partial charge on any atom is -0.371 e. The van der Waals surface area contributed by atoms with Crippen LogP contribution in [0.15, 0.2) is 40.6 Å². The van der Waals surface area contributed by atoms with Gasteiger partial charge in [-0.2, -0.15) is 4.31 Å². The Bertz CT molecular complexity index is 978. The summed E-state index contributed by atoms with van der Waals surface area (Å²) in [5.74, 6) is -0.201. The predicted octanol–water partition coefficient (Wildman–Crippen LogP) is 3.89. The van der Waals surface area contributed by atoms with E-state index in [1.165, 1.54) is 11.3 Å². The van der Waals surface area contributed by atoms with E-state index in [9.17, 15) is 13.2 Å². The first kappa shape index (κ1) is 22.3. The van der Waals surface area contributed by atoms with Crippen LogP contribution in [0, 0.1) is 0 Å². The van der Waals surface area contributed by atoms with Gasteiger partial charge in [-0.3, -0.25) is 4.79 Å². The second-order valence-corrected chi connectivity index (χ2v) is 11.2. The second-order valence-electron chi connectivity index (χ2n) is 8.28. The highest BCUT2D eigenvalue weighted by molar-refractivity contribution is 7.89. The van der Waals surface area contributed by atoms with Gasteiger partial charge in [0.05, 0.1) is 10.5 Å².